The average molecular weight is 438 g/mol. The third-order valence-electron chi connectivity index (χ3n) is 6.31. The lowest BCUT2D eigenvalue weighted by molar-refractivity contribution is -0.136. The zero-order valence-corrected chi connectivity index (χ0v) is 18.2. The molecule has 2 aliphatic heterocycles. The van der Waals surface area contributed by atoms with Crippen molar-refractivity contribution < 1.29 is 18.8 Å². The van der Waals surface area contributed by atoms with Crippen molar-refractivity contribution in [3.05, 3.63) is 59.9 Å². The smallest absolute Gasteiger partial charge is 0.245 e. The zero-order valence-electron chi connectivity index (χ0n) is 18.2. The summed E-state index contributed by atoms with van der Waals surface area (Å²) in [4.78, 5) is 41.3. The fourth-order valence-corrected chi connectivity index (χ4v) is 4.54. The topological polar surface area (TPSA) is 69.7 Å². The van der Waals surface area contributed by atoms with Gasteiger partial charge in [0, 0.05) is 32.6 Å². The van der Waals surface area contributed by atoms with Crippen LogP contribution in [0.3, 0.4) is 0 Å². The van der Waals surface area contributed by atoms with Gasteiger partial charge >= 0.3 is 0 Å². The molecule has 6 nitrogen and oxygen atoms in total. The number of benzene rings is 2. The summed E-state index contributed by atoms with van der Waals surface area (Å²) in [5, 5.41) is 2.75. The van der Waals surface area contributed by atoms with E-state index in [1.165, 1.54) is 12.1 Å². The van der Waals surface area contributed by atoms with Crippen LogP contribution in [0.25, 0.3) is 11.1 Å². The molecule has 32 heavy (non-hydrogen) atoms. The monoisotopic (exact) mass is 437 g/mol. The largest absolute Gasteiger partial charge is 0.344 e. The number of hydrogen-bond acceptors (Lipinski definition) is 3. The number of nitrogens with zero attached hydrogens (tertiary/aromatic N) is 2. The van der Waals surface area contributed by atoms with Crippen LogP contribution in [0.4, 0.5) is 4.39 Å². The lowest BCUT2D eigenvalue weighted by atomic mass is 9.94. The van der Waals surface area contributed by atoms with Crippen molar-refractivity contribution in [1.82, 2.24) is 15.1 Å². The van der Waals surface area contributed by atoms with Gasteiger partial charge in [-0.3, -0.25) is 14.4 Å². The van der Waals surface area contributed by atoms with E-state index in [1.807, 2.05) is 31.2 Å². The average Bonchev–Trinajstić information content (AvgIpc) is 3.17. The summed E-state index contributed by atoms with van der Waals surface area (Å²) in [5.74, 6) is -0.797. The molecule has 2 unspecified atom stereocenters. The fourth-order valence-electron chi connectivity index (χ4n) is 4.54. The number of carbonyl (C=O) groups is 3. The van der Waals surface area contributed by atoms with Crippen LogP contribution in [0.15, 0.2) is 48.5 Å². The van der Waals surface area contributed by atoms with Crippen LogP contribution in [0.5, 0.6) is 0 Å². The van der Waals surface area contributed by atoms with Crippen LogP contribution in [-0.2, 0) is 20.8 Å². The Morgan fingerprint density at radius 1 is 1.09 bits per heavy atom. The van der Waals surface area contributed by atoms with Crippen molar-refractivity contribution in [3.63, 3.8) is 0 Å². The van der Waals surface area contributed by atoms with Crippen LogP contribution in [-0.4, -0.2) is 59.7 Å². The highest BCUT2D eigenvalue weighted by atomic mass is 19.1. The Hall–Kier alpha value is -3.22. The van der Waals surface area contributed by atoms with Crippen molar-refractivity contribution in [2.45, 2.75) is 32.2 Å². The van der Waals surface area contributed by atoms with Crippen molar-refractivity contribution >= 4 is 17.7 Å². The Labute approximate surface area is 187 Å². The lowest BCUT2D eigenvalue weighted by Gasteiger charge is -2.26. The van der Waals surface area contributed by atoms with E-state index in [4.69, 9.17) is 0 Å². The van der Waals surface area contributed by atoms with E-state index < -0.39 is 6.04 Å². The Bertz CT molecular complexity index is 1010. The molecule has 1 N–H and O–H groups in total. The van der Waals surface area contributed by atoms with E-state index in [2.05, 4.69) is 5.32 Å². The minimum atomic E-state index is -0.492. The fraction of sp³-hybridized carbons (Fsp3) is 0.400. The molecule has 2 fully saturated rings. The number of hydrogen-bond donors (Lipinski definition) is 1. The molecule has 4 rings (SSSR count). The molecule has 2 aromatic carbocycles. The summed E-state index contributed by atoms with van der Waals surface area (Å²) in [6.45, 7) is 3.83. The zero-order chi connectivity index (χ0) is 22.7. The molecule has 0 saturated carbocycles. The summed E-state index contributed by atoms with van der Waals surface area (Å²) in [5.41, 5.74) is 2.85. The van der Waals surface area contributed by atoms with Gasteiger partial charge in [-0.15, -0.1) is 0 Å². The quantitative estimate of drug-likeness (QED) is 0.782. The molecule has 168 valence electrons. The van der Waals surface area contributed by atoms with E-state index in [0.717, 1.165) is 16.7 Å². The molecule has 2 heterocycles. The number of carbonyl (C=O) groups excluding carboxylic acids is 3. The number of nitrogens with one attached hydrogen (secondary N) is 1. The molecule has 0 radical (unpaired) electrons. The van der Waals surface area contributed by atoms with E-state index in [1.54, 1.807) is 21.9 Å². The maximum absolute atomic E-state index is 13.3. The predicted octanol–water partition coefficient (Wildman–Crippen LogP) is 2.62. The Kier molecular flexibility index (Phi) is 6.53. The minimum absolute atomic E-state index is 0.0467. The van der Waals surface area contributed by atoms with E-state index in [-0.39, 0.29) is 29.5 Å². The number of halogens is 1. The standard InChI is InChI=1S/C25H28FN3O3/c1-2-28-12-13-29(25(32)22-10-11-23(30)27-22)16-20(24(28)31)15-17-4-3-5-19(14-17)18-6-8-21(26)9-7-18/h3-9,14,20,22H,2,10-13,15-16H2,1H3,(H,27,30). The lowest BCUT2D eigenvalue weighted by Crippen LogP contribution is -2.46. The van der Waals surface area contributed by atoms with Crippen molar-refractivity contribution in [1.29, 1.82) is 0 Å². The van der Waals surface area contributed by atoms with Crippen LogP contribution >= 0.6 is 0 Å². The molecule has 2 aliphatic rings. The van der Waals surface area contributed by atoms with E-state index in [0.29, 0.717) is 45.4 Å². The van der Waals surface area contributed by atoms with Gasteiger partial charge in [0.05, 0.1) is 5.92 Å². The molecule has 2 saturated heterocycles. The van der Waals surface area contributed by atoms with E-state index >= 15 is 0 Å². The number of rotatable bonds is 5. The molecular weight excluding hydrogens is 409 g/mol. The summed E-state index contributed by atoms with van der Waals surface area (Å²) < 4.78 is 13.3. The third-order valence-corrected chi connectivity index (χ3v) is 6.31. The Morgan fingerprint density at radius 3 is 2.56 bits per heavy atom. The second-order valence-electron chi connectivity index (χ2n) is 8.47. The highest BCUT2D eigenvalue weighted by molar-refractivity contribution is 5.91. The highest BCUT2D eigenvalue weighted by Crippen LogP contribution is 2.24. The molecule has 2 atom stereocenters. The van der Waals surface area contributed by atoms with Gasteiger partial charge in [-0.1, -0.05) is 36.4 Å². The minimum Gasteiger partial charge on any atom is -0.344 e. The van der Waals surface area contributed by atoms with Crippen LogP contribution in [0.2, 0.25) is 0 Å². The van der Waals surface area contributed by atoms with Crippen molar-refractivity contribution in [2.75, 3.05) is 26.2 Å². The number of likely N-dealkylation sites (N-methyl/N-ethyl adjacent to an activating group) is 1. The molecule has 3 amide bonds. The Morgan fingerprint density at radius 2 is 1.88 bits per heavy atom. The van der Waals surface area contributed by atoms with Gasteiger partial charge in [0.15, 0.2) is 0 Å². The summed E-state index contributed by atoms with van der Waals surface area (Å²) in [6.07, 6.45) is 1.37. The molecule has 0 aliphatic carbocycles. The van der Waals surface area contributed by atoms with Crippen LogP contribution in [0, 0.1) is 11.7 Å². The van der Waals surface area contributed by atoms with Gasteiger partial charge < -0.3 is 15.1 Å². The normalized spacial score (nSPS) is 21.4. The molecule has 7 heteroatoms. The third kappa shape index (κ3) is 4.82. The maximum atomic E-state index is 13.3. The van der Waals surface area contributed by atoms with Crippen molar-refractivity contribution in [2.24, 2.45) is 5.92 Å². The predicted molar refractivity (Wildman–Crippen MR) is 119 cm³/mol. The van der Waals surface area contributed by atoms with E-state index in [9.17, 15) is 18.8 Å². The molecule has 0 aromatic heterocycles. The summed E-state index contributed by atoms with van der Waals surface area (Å²) >= 11 is 0. The molecule has 0 spiro atoms. The second-order valence-corrected chi connectivity index (χ2v) is 8.47. The van der Waals surface area contributed by atoms with Gasteiger partial charge in [0.25, 0.3) is 0 Å². The maximum Gasteiger partial charge on any atom is 0.245 e. The summed E-state index contributed by atoms with van der Waals surface area (Å²) in [6, 6.07) is 13.7. The van der Waals surface area contributed by atoms with Crippen LogP contribution in [0.1, 0.15) is 25.3 Å². The first-order valence-corrected chi connectivity index (χ1v) is 11.2. The number of amides is 3. The SMILES string of the molecule is CCN1CCN(C(=O)C2CCC(=O)N2)CC(Cc2cccc(-c3ccc(F)cc3)c2)C1=O. The van der Waals surface area contributed by atoms with Gasteiger partial charge in [0.2, 0.25) is 17.7 Å². The Balaban J connectivity index is 1.54. The van der Waals surface area contributed by atoms with Crippen LogP contribution < -0.4 is 5.32 Å². The second kappa shape index (κ2) is 9.51. The highest BCUT2D eigenvalue weighted by Gasteiger charge is 2.36. The van der Waals surface area contributed by atoms with Crippen molar-refractivity contribution in [3.8, 4) is 11.1 Å². The molecule has 2 aromatic rings. The first kappa shape index (κ1) is 22.0. The van der Waals surface area contributed by atoms with Gasteiger partial charge in [0.1, 0.15) is 11.9 Å². The first-order valence-electron chi connectivity index (χ1n) is 11.2. The molecule has 0 bridgehead atoms. The first-order chi connectivity index (χ1) is 15.4. The molecular formula is C25H28FN3O3. The van der Waals surface area contributed by atoms with Gasteiger partial charge in [-0.2, -0.15) is 0 Å². The van der Waals surface area contributed by atoms with Gasteiger partial charge in [-0.25, -0.2) is 4.39 Å². The van der Waals surface area contributed by atoms with Gasteiger partial charge in [-0.05, 0) is 48.6 Å². The summed E-state index contributed by atoms with van der Waals surface area (Å²) in [7, 11) is 0.